The summed E-state index contributed by atoms with van der Waals surface area (Å²) >= 11 is 0. The molecule has 0 unspecified atom stereocenters. The Morgan fingerprint density at radius 1 is 0.844 bits per heavy atom. The molecule has 0 spiro atoms. The minimum absolute atomic E-state index is 0.0353. The van der Waals surface area contributed by atoms with Crippen molar-refractivity contribution in [3.8, 4) is 0 Å². The van der Waals surface area contributed by atoms with Crippen molar-refractivity contribution in [2.75, 3.05) is 46.9 Å². The summed E-state index contributed by atoms with van der Waals surface area (Å²) in [4.78, 5) is 30.3. The Hall–Kier alpha value is -4.93. The summed E-state index contributed by atoms with van der Waals surface area (Å²) < 4.78 is 29.2. The molecular weight excluding hydrogens is 586 g/mol. The Balaban J connectivity index is 1.31. The first-order valence-electron chi connectivity index (χ1n) is 15.0. The minimum atomic E-state index is -3.92. The van der Waals surface area contributed by atoms with E-state index < -0.39 is 10.0 Å². The highest BCUT2D eigenvalue weighted by atomic mass is 32.2. The van der Waals surface area contributed by atoms with Gasteiger partial charge in [0.1, 0.15) is 0 Å². The molecular formula is C35H35N5O4S. The summed E-state index contributed by atoms with van der Waals surface area (Å²) in [6, 6.07) is 30.1. The number of likely N-dealkylation sites (N-methyl/N-ethyl adjacent to an activating group) is 1. The molecule has 2 amide bonds. The number of carbonyl (C=O) groups is 2. The van der Waals surface area contributed by atoms with Crippen LogP contribution in [0.4, 0.5) is 22.7 Å². The molecule has 0 radical (unpaired) electrons. The van der Waals surface area contributed by atoms with Gasteiger partial charge in [0, 0.05) is 35.4 Å². The van der Waals surface area contributed by atoms with Gasteiger partial charge < -0.3 is 15.5 Å². The topological polar surface area (TPSA) is 111 Å². The fourth-order valence-electron chi connectivity index (χ4n) is 5.64. The molecule has 230 valence electrons. The number of piperidine rings is 1. The lowest BCUT2D eigenvalue weighted by Crippen LogP contribution is -2.40. The predicted molar refractivity (Wildman–Crippen MR) is 179 cm³/mol. The molecule has 45 heavy (non-hydrogen) atoms. The zero-order valence-electron chi connectivity index (χ0n) is 25.0. The van der Waals surface area contributed by atoms with Crippen molar-refractivity contribution >= 4 is 55.9 Å². The second kappa shape index (κ2) is 13.0. The first kappa shape index (κ1) is 30.1. The van der Waals surface area contributed by atoms with Crippen molar-refractivity contribution in [1.29, 1.82) is 0 Å². The van der Waals surface area contributed by atoms with Gasteiger partial charge in [0.15, 0.2) is 0 Å². The number of likely N-dealkylation sites (tertiary alicyclic amines) is 1. The van der Waals surface area contributed by atoms with Gasteiger partial charge in [-0.15, -0.1) is 0 Å². The number of amides is 2. The summed E-state index contributed by atoms with van der Waals surface area (Å²) in [6.45, 7) is 2.30. The van der Waals surface area contributed by atoms with Crippen molar-refractivity contribution < 1.29 is 18.0 Å². The van der Waals surface area contributed by atoms with Crippen LogP contribution in [-0.2, 0) is 19.6 Å². The highest BCUT2D eigenvalue weighted by Crippen LogP contribution is 2.39. The Morgan fingerprint density at radius 3 is 2.20 bits per heavy atom. The van der Waals surface area contributed by atoms with Crippen LogP contribution in [-0.4, -0.2) is 51.8 Å². The lowest BCUT2D eigenvalue weighted by atomic mass is 10.00. The molecule has 1 saturated heterocycles. The molecule has 6 rings (SSSR count). The highest BCUT2D eigenvalue weighted by Gasteiger charge is 2.30. The molecule has 0 bridgehead atoms. The molecule has 9 nitrogen and oxygen atoms in total. The Labute approximate surface area is 263 Å². The van der Waals surface area contributed by atoms with Crippen molar-refractivity contribution in [3.05, 3.63) is 114 Å². The Morgan fingerprint density at radius 2 is 1.51 bits per heavy atom. The molecule has 3 N–H and O–H groups in total. The molecule has 0 atom stereocenters. The number of carbonyl (C=O) groups excluding carboxylic acids is 2. The largest absolute Gasteiger partial charge is 0.354 e. The molecule has 1 fully saturated rings. The third-order valence-electron chi connectivity index (χ3n) is 8.09. The van der Waals surface area contributed by atoms with E-state index in [0.29, 0.717) is 40.4 Å². The van der Waals surface area contributed by atoms with Gasteiger partial charge in [-0.2, -0.15) is 0 Å². The van der Waals surface area contributed by atoms with Crippen molar-refractivity contribution in [2.24, 2.45) is 0 Å². The number of nitrogens with one attached hydrogen (secondary N) is 3. The van der Waals surface area contributed by atoms with Crippen LogP contribution in [0.1, 0.15) is 30.4 Å². The number of nitrogens with zero attached hydrogens (tertiary/aromatic N) is 2. The number of para-hydroxylation sites is 1. The lowest BCUT2D eigenvalue weighted by molar-refractivity contribution is -0.119. The number of hydrogen-bond acceptors (Lipinski definition) is 6. The average Bonchev–Trinajstić information content (AvgIpc) is 3.39. The maximum Gasteiger partial charge on any atom is 0.261 e. The lowest BCUT2D eigenvalue weighted by Gasteiger charge is -2.28. The molecule has 4 aromatic rings. The monoisotopic (exact) mass is 621 g/mol. The summed E-state index contributed by atoms with van der Waals surface area (Å²) in [5, 5.41) is 6.29. The van der Waals surface area contributed by atoms with Gasteiger partial charge in [0.05, 0.1) is 22.7 Å². The molecule has 0 saturated carbocycles. The number of sulfonamides is 1. The number of benzene rings is 4. The van der Waals surface area contributed by atoms with Crippen LogP contribution in [0.2, 0.25) is 0 Å². The van der Waals surface area contributed by atoms with E-state index in [1.54, 1.807) is 42.3 Å². The fourth-order valence-corrected chi connectivity index (χ4v) is 6.72. The SMILES string of the molecule is CN(C(=O)CN1CCCCC1)c1ccc(N/C(=C2\C(=O)Nc3ccc(S(=O)(=O)Nc4ccccc4)cc32)c2ccccc2)cc1. The van der Waals surface area contributed by atoms with Crippen molar-refractivity contribution in [3.63, 3.8) is 0 Å². The van der Waals surface area contributed by atoms with Crippen LogP contribution in [0.25, 0.3) is 11.3 Å². The van der Waals surface area contributed by atoms with Gasteiger partial charge >= 0.3 is 0 Å². The maximum absolute atomic E-state index is 13.4. The summed E-state index contributed by atoms with van der Waals surface area (Å²) in [5.74, 6) is -0.307. The van der Waals surface area contributed by atoms with E-state index in [9.17, 15) is 18.0 Å². The molecule has 10 heteroatoms. The third-order valence-corrected chi connectivity index (χ3v) is 9.47. The summed E-state index contributed by atoms with van der Waals surface area (Å²) in [5.41, 5.74) is 4.51. The number of hydrogen-bond donors (Lipinski definition) is 3. The van der Waals surface area contributed by atoms with Crippen molar-refractivity contribution in [1.82, 2.24) is 4.90 Å². The minimum Gasteiger partial charge on any atom is -0.354 e. The van der Waals surface area contributed by atoms with Crippen LogP contribution in [0, 0.1) is 0 Å². The zero-order chi connectivity index (χ0) is 31.4. The molecule has 0 aliphatic carbocycles. The maximum atomic E-state index is 13.4. The standard InChI is InChI=1S/C35H35N5O4S/c1-39(32(41)24-40-21-9-4-10-22-40)28-17-15-26(16-18-28)36-34(25-11-5-2-6-12-25)33-30-23-29(19-20-31(30)37-35(33)42)45(43,44)38-27-13-7-3-8-14-27/h2-3,5-8,11-20,23,36,38H,4,9-10,21-22,24H2,1H3,(H,37,42)/b34-33-. The first-order valence-corrected chi connectivity index (χ1v) is 16.5. The molecule has 2 aliphatic heterocycles. The third kappa shape index (κ3) is 6.77. The van der Waals surface area contributed by atoms with E-state index in [-0.39, 0.29) is 16.7 Å². The molecule has 4 aromatic carbocycles. The predicted octanol–water partition coefficient (Wildman–Crippen LogP) is 5.87. The normalized spacial score (nSPS) is 16.0. The number of rotatable bonds is 9. The van der Waals surface area contributed by atoms with Crippen LogP contribution < -0.4 is 20.3 Å². The van der Waals surface area contributed by atoms with Crippen molar-refractivity contribution in [2.45, 2.75) is 24.2 Å². The highest BCUT2D eigenvalue weighted by molar-refractivity contribution is 7.92. The quantitative estimate of drug-likeness (QED) is 0.202. The summed E-state index contributed by atoms with van der Waals surface area (Å²) in [6.07, 6.45) is 3.47. The van der Waals surface area contributed by atoms with Crippen LogP contribution in [0.3, 0.4) is 0 Å². The van der Waals surface area contributed by atoms with E-state index in [1.165, 1.54) is 18.6 Å². The second-order valence-corrected chi connectivity index (χ2v) is 12.9. The Bertz CT molecular complexity index is 1840. The molecule has 0 aromatic heterocycles. The van der Waals surface area contributed by atoms with Crippen LogP contribution >= 0.6 is 0 Å². The smallest absolute Gasteiger partial charge is 0.261 e. The van der Waals surface area contributed by atoms with Gasteiger partial charge in [-0.3, -0.25) is 19.2 Å². The molecule has 2 aliphatic rings. The van der Waals surface area contributed by atoms with Gasteiger partial charge in [0.25, 0.3) is 15.9 Å². The second-order valence-electron chi connectivity index (χ2n) is 11.2. The average molecular weight is 622 g/mol. The number of anilines is 4. The van der Waals surface area contributed by atoms with E-state index in [2.05, 4.69) is 20.3 Å². The molecule has 2 heterocycles. The fraction of sp³-hybridized carbons (Fsp3) is 0.200. The van der Waals surface area contributed by atoms with E-state index in [0.717, 1.165) is 37.2 Å². The van der Waals surface area contributed by atoms with Gasteiger partial charge in [-0.1, -0.05) is 55.0 Å². The van der Waals surface area contributed by atoms with Crippen LogP contribution in [0.5, 0.6) is 0 Å². The number of fused-ring (bicyclic) bond motifs is 1. The Kier molecular flexibility index (Phi) is 8.68. The van der Waals surface area contributed by atoms with E-state index >= 15 is 0 Å². The zero-order valence-corrected chi connectivity index (χ0v) is 25.8. The van der Waals surface area contributed by atoms with E-state index in [1.807, 2.05) is 60.7 Å². The van der Waals surface area contributed by atoms with Gasteiger partial charge in [-0.05, 0) is 86.1 Å². The van der Waals surface area contributed by atoms with Gasteiger partial charge in [-0.25, -0.2) is 8.42 Å². The van der Waals surface area contributed by atoms with Gasteiger partial charge in [0.2, 0.25) is 5.91 Å². The van der Waals surface area contributed by atoms with Crippen LogP contribution in [0.15, 0.2) is 108 Å². The summed E-state index contributed by atoms with van der Waals surface area (Å²) in [7, 11) is -2.14. The first-order chi connectivity index (χ1) is 21.8. The van der Waals surface area contributed by atoms with E-state index in [4.69, 9.17) is 0 Å².